The van der Waals surface area contributed by atoms with Crippen LogP contribution in [-0.2, 0) is 28.5 Å². The Labute approximate surface area is 288 Å². The lowest BCUT2D eigenvalue weighted by Gasteiger charge is -2.37. The number of hydrogen-bond acceptors (Lipinski definition) is 10. The van der Waals surface area contributed by atoms with Crippen LogP contribution in [0.3, 0.4) is 0 Å². The van der Waals surface area contributed by atoms with Gasteiger partial charge < -0.3 is 44.7 Å². The minimum atomic E-state index is -0.888. The molecular formula is C37H63NO10. The van der Waals surface area contributed by atoms with Gasteiger partial charge in [-0.15, -0.1) is 0 Å². The number of primary amides is 1. The molecule has 0 aliphatic carbocycles. The summed E-state index contributed by atoms with van der Waals surface area (Å²) in [5.74, 6) is -2.47. The van der Waals surface area contributed by atoms with Crippen LogP contribution in [0.25, 0.3) is 0 Å². The van der Waals surface area contributed by atoms with Gasteiger partial charge in [0.05, 0.1) is 43.5 Å². The molecule has 276 valence electrons. The summed E-state index contributed by atoms with van der Waals surface area (Å²) >= 11 is 0. The van der Waals surface area contributed by atoms with Crippen LogP contribution in [0.1, 0.15) is 68.2 Å². The number of aliphatic hydroxyl groups excluding tert-OH is 3. The molecule has 0 radical (unpaired) electrons. The molecule has 1 saturated heterocycles. The highest BCUT2D eigenvalue weighted by atomic mass is 16.7. The molecule has 0 spiro atoms. The van der Waals surface area contributed by atoms with E-state index in [2.05, 4.69) is 6.58 Å². The number of cyclic esters (lactones) is 1. The monoisotopic (exact) mass is 681 g/mol. The van der Waals surface area contributed by atoms with E-state index in [0.29, 0.717) is 26.1 Å². The van der Waals surface area contributed by atoms with Crippen molar-refractivity contribution < 1.29 is 48.6 Å². The van der Waals surface area contributed by atoms with Gasteiger partial charge in [0.1, 0.15) is 19.0 Å². The highest BCUT2D eigenvalue weighted by Gasteiger charge is 2.41. The molecule has 1 aliphatic heterocycles. The minimum Gasteiger partial charge on any atom is -0.462 e. The number of methoxy groups -OCH3 is 1. The normalized spacial score (nSPS) is 26.2. The first-order valence-electron chi connectivity index (χ1n) is 17.1. The standard InChI is InChI=1S/C37H63NO10/c1-11-12-13-24(4)35(48-37(38)43)28(8)33(40)26(6)19-22(2)18-25(5)32(39)23(3)14-15-30(46-21-45-17-16-44-10)20-31-27(7)34(41)29(9)36(42)47-31/h11-15,18,23-35,39-41H,1,16-17,19-21H2,2-10H3,(H2,38,43)/t23-,24-,25-,26-,27-,28-,29+,30+,31-,32-,33+,34-,35-/m0/s1. The second-order valence-electron chi connectivity index (χ2n) is 13.6. The number of rotatable bonds is 22. The number of allylic oxidation sites excluding steroid dienone is 3. The third-order valence-corrected chi connectivity index (χ3v) is 9.40. The van der Waals surface area contributed by atoms with Gasteiger partial charge in [0.25, 0.3) is 0 Å². The molecule has 11 heteroatoms. The summed E-state index contributed by atoms with van der Waals surface area (Å²) in [5, 5.41) is 32.9. The smallest absolute Gasteiger partial charge is 0.404 e. The van der Waals surface area contributed by atoms with Crippen molar-refractivity contribution in [2.75, 3.05) is 27.1 Å². The first kappa shape index (κ1) is 43.5. The van der Waals surface area contributed by atoms with Crippen molar-refractivity contribution in [3.05, 3.63) is 48.6 Å². The maximum absolute atomic E-state index is 12.3. The first-order chi connectivity index (χ1) is 22.5. The van der Waals surface area contributed by atoms with Crippen molar-refractivity contribution in [3.8, 4) is 0 Å². The summed E-state index contributed by atoms with van der Waals surface area (Å²) in [6.45, 7) is 19.5. The van der Waals surface area contributed by atoms with Crippen LogP contribution < -0.4 is 5.73 Å². The van der Waals surface area contributed by atoms with Crippen LogP contribution >= 0.6 is 0 Å². The van der Waals surface area contributed by atoms with Crippen molar-refractivity contribution in [3.63, 3.8) is 0 Å². The minimum absolute atomic E-state index is 0.00410. The molecule has 0 bridgehead atoms. The van der Waals surface area contributed by atoms with Crippen molar-refractivity contribution in [2.45, 2.75) is 105 Å². The molecule has 0 aromatic carbocycles. The molecule has 0 unspecified atom stereocenters. The van der Waals surface area contributed by atoms with Crippen molar-refractivity contribution >= 4 is 12.1 Å². The predicted octanol–water partition coefficient (Wildman–Crippen LogP) is 4.94. The van der Waals surface area contributed by atoms with Gasteiger partial charge in [0.2, 0.25) is 0 Å². The van der Waals surface area contributed by atoms with Crippen molar-refractivity contribution in [2.24, 2.45) is 47.2 Å². The number of amides is 1. The molecule has 48 heavy (non-hydrogen) atoms. The third kappa shape index (κ3) is 14.5. The molecule has 11 nitrogen and oxygen atoms in total. The van der Waals surface area contributed by atoms with E-state index in [4.69, 9.17) is 29.4 Å². The van der Waals surface area contributed by atoms with Crippen molar-refractivity contribution in [1.29, 1.82) is 0 Å². The molecule has 5 N–H and O–H groups in total. The summed E-state index contributed by atoms with van der Waals surface area (Å²) < 4.78 is 27.5. The van der Waals surface area contributed by atoms with Crippen LogP contribution in [-0.4, -0.2) is 91.1 Å². The van der Waals surface area contributed by atoms with E-state index < -0.39 is 54.6 Å². The average molecular weight is 682 g/mol. The van der Waals surface area contributed by atoms with Crippen LogP contribution in [0, 0.1) is 41.4 Å². The summed E-state index contributed by atoms with van der Waals surface area (Å²) in [6.07, 6.45) is 7.09. The Balaban J connectivity index is 2.93. The summed E-state index contributed by atoms with van der Waals surface area (Å²) in [7, 11) is 1.58. The summed E-state index contributed by atoms with van der Waals surface area (Å²) in [6, 6.07) is 0. The van der Waals surface area contributed by atoms with Gasteiger partial charge in [-0.25, -0.2) is 4.79 Å². The zero-order chi connectivity index (χ0) is 36.6. The van der Waals surface area contributed by atoms with Gasteiger partial charge in [0.15, 0.2) is 0 Å². The molecule has 1 aliphatic rings. The molecule has 0 aromatic heterocycles. The number of aliphatic hydroxyl groups is 3. The average Bonchev–Trinajstić information content (AvgIpc) is 3.04. The molecule has 0 saturated carbocycles. The zero-order valence-electron chi connectivity index (χ0n) is 30.5. The van der Waals surface area contributed by atoms with Gasteiger partial charge >= 0.3 is 12.1 Å². The SMILES string of the molecule is C=CC=C[C@H](C)[C@H](OC(N)=O)[C@@H](C)[C@H](O)[C@@H](C)CC(C)=C[C@H](C)[C@@H](O)[C@@H](C)C=C[C@H](C[C@@H]1OC(=O)[C@H](C)[C@@H](O)[C@H]1C)OCOCCOC. The van der Waals surface area contributed by atoms with Gasteiger partial charge in [-0.2, -0.15) is 0 Å². The molecule has 13 atom stereocenters. The maximum Gasteiger partial charge on any atom is 0.404 e. The van der Waals surface area contributed by atoms with Gasteiger partial charge in [0, 0.05) is 43.1 Å². The zero-order valence-corrected chi connectivity index (χ0v) is 30.5. The molecular weight excluding hydrogens is 618 g/mol. The largest absolute Gasteiger partial charge is 0.462 e. The molecule has 1 rings (SSSR count). The molecule has 1 amide bonds. The second kappa shape index (κ2) is 22.2. The van der Waals surface area contributed by atoms with E-state index >= 15 is 0 Å². The van der Waals surface area contributed by atoms with Crippen molar-refractivity contribution in [1.82, 2.24) is 0 Å². The van der Waals surface area contributed by atoms with Gasteiger partial charge in [-0.3, -0.25) is 4.79 Å². The van der Waals surface area contributed by atoms with E-state index in [1.165, 1.54) is 0 Å². The third-order valence-electron chi connectivity index (χ3n) is 9.40. The topological polar surface area (TPSA) is 167 Å². The Bertz CT molecular complexity index is 1060. The Morgan fingerprint density at radius 3 is 2.29 bits per heavy atom. The lowest BCUT2D eigenvalue weighted by molar-refractivity contribution is -0.181. The van der Waals surface area contributed by atoms with Crippen LogP contribution in [0.2, 0.25) is 0 Å². The van der Waals surface area contributed by atoms with E-state index in [9.17, 15) is 24.9 Å². The summed E-state index contributed by atoms with van der Waals surface area (Å²) in [4.78, 5) is 23.9. The highest BCUT2D eigenvalue weighted by Crippen LogP contribution is 2.31. The lowest BCUT2D eigenvalue weighted by atomic mass is 9.81. The predicted molar refractivity (Wildman–Crippen MR) is 186 cm³/mol. The van der Waals surface area contributed by atoms with Crippen LogP contribution in [0.4, 0.5) is 4.79 Å². The van der Waals surface area contributed by atoms with E-state index in [1.54, 1.807) is 26.2 Å². The quantitative estimate of drug-likeness (QED) is 0.0404. The summed E-state index contributed by atoms with van der Waals surface area (Å²) in [5.41, 5.74) is 6.34. The number of ether oxygens (including phenoxy) is 5. The first-order valence-corrected chi connectivity index (χ1v) is 17.1. The lowest BCUT2D eigenvalue weighted by Crippen LogP contribution is -2.47. The van der Waals surface area contributed by atoms with Crippen LogP contribution in [0.5, 0.6) is 0 Å². The fraction of sp³-hybridized carbons (Fsp3) is 0.730. The Morgan fingerprint density at radius 2 is 1.69 bits per heavy atom. The number of esters is 1. The Morgan fingerprint density at radius 1 is 1.02 bits per heavy atom. The number of carbonyl (C=O) groups excluding carboxylic acids is 2. The van der Waals surface area contributed by atoms with Gasteiger partial charge in [-0.1, -0.05) is 90.2 Å². The molecule has 1 fully saturated rings. The second-order valence-corrected chi connectivity index (χ2v) is 13.6. The fourth-order valence-electron chi connectivity index (χ4n) is 6.25. The number of hydrogen-bond donors (Lipinski definition) is 4. The van der Waals surface area contributed by atoms with E-state index in [1.807, 2.05) is 72.8 Å². The van der Waals surface area contributed by atoms with Crippen LogP contribution in [0.15, 0.2) is 48.6 Å². The van der Waals surface area contributed by atoms with E-state index in [-0.39, 0.29) is 42.3 Å². The number of nitrogens with two attached hydrogens (primary N) is 1. The highest BCUT2D eigenvalue weighted by molar-refractivity contribution is 5.73. The molecule has 0 aromatic rings. The Kier molecular flexibility index (Phi) is 20.1. The maximum atomic E-state index is 12.3. The Hall–Kier alpha value is -2.54. The van der Waals surface area contributed by atoms with E-state index in [0.717, 1.165) is 5.57 Å². The molecule has 1 heterocycles. The number of carbonyl (C=O) groups is 2. The van der Waals surface area contributed by atoms with Gasteiger partial charge in [-0.05, 0) is 26.2 Å². The fourth-order valence-corrected chi connectivity index (χ4v) is 6.25.